The summed E-state index contributed by atoms with van der Waals surface area (Å²) < 4.78 is 24.2. The van der Waals surface area contributed by atoms with Gasteiger partial charge in [0.05, 0.1) is 21.3 Å². The molecule has 0 fully saturated rings. The standard InChI is InChI=1S/C14H12ClN5O2S/c1-9-14(20-8-10(15)2-7-13(20)17-9)19-18-11-3-5-12(6-4-11)23(16,21)22/h2-8H,1H3,(H2,16,21,22). The zero-order valence-electron chi connectivity index (χ0n) is 12.0. The number of nitrogens with zero attached hydrogens (tertiary/aromatic N) is 4. The average molecular weight is 350 g/mol. The highest BCUT2D eigenvalue weighted by atomic mass is 35.5. The Morgan fingerprint density at radius 1 is 1.13 bits per heavy atom. The molecule has 23 heavy (non-hydrogen) atoms. The smallest absolute Gasteiger partial charge is 0.238 e. The van der Waals surface area contributed by atoms with E-state index in [-0.39, 0.29) is 4.90 Å². The molecule has 0 saturated carbocycles. The Balaban J connectivity index is 1.97. The zero-order chi connectivity index (χ0) is 16.6. The molecule has 0 aliphatic heterocycles. The number of hydrogen-bond donors (Lipinski definition) is 1. The lowest BCUT2D eigenvalue weighted by Crippen LogP contribution is -2.11. The van der Waals surface area contributed by atoms with Crippen molar-refractivity contribution in [3.05, 3.63) is 53.3 Å². The topological polar surface area (TPSA) is 102 Å². The molecule has 0 bridgehead atoms. The van der Waals surface area contributed by atoms with Crippen molar-refractivity contribution in [2.24, 2.45) is 15.4 Å². The van der Waals surface area contributed by atoms with Crippen molar-refractivity contribution < 1.29 is 8.42 Å². The maximum absolute atomic E-state index is 11.2. The van der Waals surface area contributed by atoms with Crippen LogP contribution in [0.5, 0.6) is 0 Å². The van der Waals surface area contributed by atoms with Crippen LogP contribution < -0.4 is 5.14 Å². The van der Waals surface area contributed by atoms with Crippen LogP contribution in [0.25, 0.3) is 5.65 Å². The van der Waals surface area contributed by atoms with Gasteiger partial charge in [-0.2, -0.15) is 0 Å². The number of pyridine rings is 1. The molecule has 0 saturated heterocycles. The van der Waals surface area contributed by atoms with Gasteiger partial charge >= 0.3 is 0 Å². The SMILES string of the molecule is Cc1nc2ccc(Cl)cn2c1N=Nc1ccc(S(N)(=O)=O)cc1. The molecule has 0 amide bonds. The highest BCUT2D eigenvalue weighted by Gasteiger charge is 2.09. The summed E-state index contributed by atoms with van der Waals surface area (Å²) >= 11 is 5.99. The van der Waals surface area contributed by atoms with Crippen molar-refractivity contribution in [2.75, 3.05) is 0 Å². The van der Waals surface area contributed by atoms with Crippen LogP contribution in [0.3, 0.4) is 0 Å². The van der Waals surface area contributed by atoms with Gasteiger partial charge in [0.1, 0.15) is 5.65 Å². The van der Waals surface area contributed by atoms with Crippen LogP contribution in [-0.4, -0.2) is 17.8 Å². The largest absolute Gasteiger partial charge is 0.281 e. The van der Waals surface area contributed by atoms with Crippen molar-refractivity contribution in [2.45, 2.75) is 11.8 Å². The summed E-state index contributed by atoms with van der Waals surface area (Å²) in [5, 5.41) is 13.9. The zero-order valence-corrected chi connectivity index (χ0v) is 13.6. The third-order valence-corrected chi connectivity index (χ3v) is 4.30. The van der Waals surface area contributed by atoms with Gasteiger partial charge in [0.15, 0.2) is 5.82 Å². The van der Waals surface area contributed by atoms with Crippen LogP contribution >= 0.6 is 11.6 Å². The van der Waals surface area contributed by atoms with E-state index in [9.17, 15) is 8.42 Å². The summed E-state index contributed by atoms with van der Waals surface area (Å²) in [6, 6.07) is 9.33. The van der Waals surface area contributed by atoms with Gasteiger partial charge in [0, 0.05) is 6.20 Å². The summed E-state index contributed by atoms with van der Waals surface area (Å²) in [4.78, 5) is 4.39. The maximum atomic E-state index is 11.2. The Hall–Kier alpha value is -2.29. The number of azo groups is 1. The number of nitrogens with two attached hydrogens (primary N) is 1. The molecule has 2 aromatic heterocycles. The van der Waals surface area contributed by atoms with Crippen molar-refractivity contribution in [3.63, 3.8) is 0 Å². The molecule has 0 unspecified atom stereocenters. The molecule has 0 atom stereocenters. The van der Waals surface area contributed by atoms with Crippen molar-refractivity contribution in [3.8, 4) is 0 Å². The lowest BCUT2D eigenvalue weighted by Gasteiger charge is -1.99. The lowest BCUT2D eigenvalue weighted by molar-refractivity contribution is 0.598. The van der Waals surface area contributed by atoms with Gasteiger partial charge in [-0.05, 0) is 43.3 Å². The van der Waals surface area contributed by atoms with E-state index in [4.69, 9.17) is 16.7 Å². The summed E-state index contributed by atoms with van der Waals surface area (Å²) in [5.74, 6) is 0.554. The summed E-state index contributed by atoms with van der Waals surface area (Å²) in [6.07, 6.45) is 1.70. The third-order valence-electron chi connectivity index (χ3n) is 3.15. The van der Waals surface area contributed by atoms with Crippen molar-refractivity contribution in [1.82, 2.24) is 9.38 Å². The van der Waals surface area contributed by atoms with E-state index >= 15 is 0 Å². The fraction of sp³-hybridized carbons (Fsp3) is 0.0714. The first-order valence-corrected chi connectivity index (χ1v) is 8.46. The van der Waals surface area contributed by atoms with Crippen molar-refractivity contribution in [1.29, 1.82) is 0 Å². The second kappa shape index (κ2) is 5.73. The van der Waals surface area contributed by atoms with Crippen LogP contribution in [0, 0.1) is 6.92 Å². The second-order valence-corrected chi connectivity index (χ2v) is 6.83. The number of imidazole rings is 1. The molecule has 7 nitrogen and oxygen atoms in total. The minimum absolute atomic E-state index is 0.0224. The van der Waals surface area contributed by atoms with Gasteiger partial charge in [-0.1, -0.05) is 11.6 Å². The molecule has 0 radical (unpaired) electrons. The fourth-order valence-corrected chi connectivity index (χ4v) is 2.73. The number of benzene rings is 1. The Kier molecular flexibility index (Phi) is 3.88. The van der Waals surface area contributed by atoms with Gasteiger partial charge in [-0.15, -0.1) is 10.2 Å². The number of hydrogen-bond acceptors (Lipinski definition) is 5. The number of sulfonamides is 1. The average Bonchev–Trinajstić information content (AvgIpc) is 2.79. The molecule has 0 spiro atoms. The van der Waals surface area contributed by atoms with E-state index in [0.29, 0.717) is 27.9 Å². The second-order valence-electron chi connectivity index (χ2n) is 4.84. The number of aryl methyl sites for hydroxylation is 1. The third kappa shape index (κ3) is 3.24. The van der Waals surface area contributed by atoms with E-state index in [1.807, 2.05) is 6.92 Å². The molecule has 3 aromatic rings. The first kappa shape index (κ1) is 15.6. The highest BCUT2D eigenvalue weighted by molar-refractivity contribution is 7.89. The van der Waals surface area contributed by atoms with Crippen molar-refractivity contribution >= 4 is 38.8 Å². The van der Waals surface area contributed by atoms with E-state index in [1.54, 1.807) is 22.7 Å². The number of rotatable bonds is 3. The maximum Gasteiger partial charge on any atom is 0.238 e. The quantitative estimate of drug-likeness (QED) is 0.733. The number of fused-ring (bicyclic) bond motifs is 1. The molecular formula is C14H12ClN5O2S. The van der Waals surface area contributed by atoms with Crippen LogP contribution in [0.4, 0.5) is 11.5 Å². The molecule has 2 N–H and O–H groups in total. The monoisotopic (exact) mass is 349 g/mol. The Morgan fingerprint density at radius 2 is 1.83 bits per heavy atom. The van der Waals surface area contributed by atoms with E-state index in [2.05, 4.69) is 15.2 Å². The molecule has 2 heterocycles. The molecule has 9 heteroatoms. The number of aromatic nitrogens is 2. The molecule has 0 aliphatic carbocycles. The highest BCUT2D eigenvalue weighted by Crippen LogP contribution is 2.25. The minimum Gasteiger partial charge on any atom is -0.281 e. The predicted molar refractivity (Wildman–Crippen MR) is 86.9 cm³/mol. The molecule has 1 aromatic carbocycles. The summed E-state index contributed by atoms with van der Waals surface area (Å²) in [5.41, 5.74) is 1.91. The molecule has 3 rings (SSSR count). The lowest BCUT2D eigenvalue weighted by atomic mass is 10.3. The first-order chi connectivity index (χ1) is 10.8. The Labute approximate surface area is 137 Å². The summed E-state index contributed by atoms with van der Waals surface area (Å²) in [7, 11) is -3.72. The molecule has 0 aliphatic rings. The fourth-order valence-electron chi connectivity index (χ4n) is 2.05. The Bertz CT molecular complexity index is 1010. The van der Waals surface area contributed by atoms with Gasteiger partial charge in [0.2, 0.25) is 10.0 Å². The normalized spacial score (nSPS) is 12.3. The van der Waals surface area contributed by atoms with Crippen LogP contribution in [0.15, 0.2) is 57.7 Å². The van der Waals surface area contributed by atoms with Gasteiger partial charge < -0.3 is 0 Å². The predicted octanol–water partition coefficient (Wildman–Crippen LogP) is 3.36. The number of primary sulfonamides is 1. The molecule has 118 valence electrons. The number of halogens is 1. The van der Waals surface area contributed by atoms with Crippen LogP contribution in [0.1, 0.15) is 5.69 Å². The Morgan fingerprint density at radius 3 is 2.48 bits per heavy atom. The van der Waals surface area contributed by atoms with E-state index < -0.39 is 10.0 Å². The van der Waals surface area contributed by atoms with E-state index in [1.165, 1.54) is 24.3 Å². The summed E-state index contributed by atoms with van der Waals surface area (Å²) in [6.45, 7) is 1.82. The van der Waals surface area contributed by atoms with E-state index in [0.717, 1.165) is 0 Å². The molecular weight excluding hydrogens is 338 g/mol. The van der Waals surface area contributed by atoms with Gasteiger partial charge in [-0.25, -0.2) is 18.5 Å². The first-order valence-electron chi connectivity index (χ1n) is 6.53. The van der Waals surface area contributed by atoms with Crippen LogP contribution in [0.2, 0.25) is 5.02 Å². The van der Waals surface area contributed by atoms with Gasteiger partial charge in [0.25, 0.3) is 0 Å². The minimum atomic E-state index is -3.72. The van der Waals surface area contributed by atoms with Gasteiger partial charge in [-0.3, -0.25) is 4.40 Å². The van der Waals surface area contributed by atoms with Crippen LogP contribution in [-0.2, 0) is 10.0 Å².